The highest BCUT2D eigenvalue weighted by molar-refractivity contribution is 7.14. The number of thiazole rings is 1. The van der Waals surface area contributed by atoms with Crippen molar-refractivity contribution in [3.8, 4) is 0 Å². The predicted molar refractivity (Wildman–Crippen MR) is 85.5 cm³/mol. The Hall–Kier alpha value is -1.77. The smallest absolute Gasteiger partial charge is 0.267 e. The molecule has 1 fully saturated rings. The van der Waals surface area contributed by atoms with Crippen LogP contribution in [0.5, 0.6) is 0 Å². The number of carbonyl (C=O) groups excluding carboxylic acids is 2. The summed E-state index contributed by atoms with van der Waals surface area (Å²) in [5.74, 6) is -0.125. The van der Waals surface area contributed by atoms with Crippen molar-refractivity contribution in [1.82, 2.24) is 9.88 Å². The highest BCUT2D eigenvalue weighted by atomic mass is 32.1. The van der Waals surface area contributed by atoms with Gasteiger partial charge in [-0.1, -0.05) is 6.07 Å². The van der Waals surface area contributed by atoms with Crippen LogP contribution in [0.15, 0.2) is 22.9 Å². The van der Waals surface area contributed by atoms with Crippen LogP contribution in [-0.4, -0.2) is 48.0 Å². The van der Waals surface area contributed by atoms with Crippen LogP contribution in [0.3, 0.4) is 0 Å². The van der Waals surface area contributed by atoms with Gasteiger partial charge in [-0.15, -0.1) is 22.7 Å². The van der Waals surface area contributed by atoms with E-state index in [-0.39, 0.29) is 18.2 Å². The van der Waals surface area contributed by atoms with Crippen LogP contribution >= 0.6 is 22.7 Å². The zero-order valence-corrected chi connectivity index (χ0v) is 13.4. The van der Waals surface area contributed by atoms with Gasteiger partial charge in [0.25, 0.3) is 5.91 Å². The molecule has 1 aliphatic heterocycles. The van der Waals surface area contributed by atoms with Gasteiger partial charge in [-0.25, -0.2) is 4.98 Å². The number of hydrogen-bond acceptors (Lipinski definition) is 6. The van der Waals surface area contributed by atoms with Gasteiger partial charge in [-0.2, -0.15) is 0 Å². The molecule has 3 rings (SSSR count). The number of nitrogens with zero attached hydrogens (tertiary/aromatic N) is 2. The van der Waals surface area contributed by atoms with E-state index in [0.29, 0.717) is 42.0 Å². The molecule has 0 bridgehead atoms. The quantitative estimate of drug-likeness (QED) is 0.924. The van der Waals surface area contributed by atoms with E-state index in [4.69, 9.17) is 4.74 Å². The number of hydrogen-bond donors (Lipinski definition) is 1. The molecule has 2 amide bonds. The summed E-state index contributed by atoms with van der Waals surface area (Å²) in [5, 5.41) is 6.93. The fraction of sp³-hybridized carbons (Fsp3) is 0.357. The Bertz CT molecular complexity index is 648. The van der Waals surface area contributed by atoms with Crippen LogP contribution in [0.4, 0.5) is 5.13 Å². The number of nitrogens with one attached hydrogen (secondary N) is 1. The maximum absolute atomic E-state index is 12.1. The van der Waals surface area contributed by atoms with Crippen molar-refractivity contribution in [2.24, 2.45) is 0 Å². The maximum Gasteiger partial charge on any atom is 0.267 e. The summed E-state index contributed by atoms with van der Waals surface area (Å²) >= 11 is 2.71. The number of ether oxygens (including phenoxy) is 1. The first-order valence-electron chi connectivity index (χ1n) is 6.87. The minimum absolute atomic E-state index is 0.0460. The highest BCUT2D eigenvalue weighted by Crippen LogP contribution is 2.18. The lowest BCUT2D eigenvalue weighted by Crippen LogP contribution is -2.41. The van der Waals surface area contributed by atoms with Gasteiger partial charge in [0, 0.05) is 18.5 Å². The minimum atomic E-state index is -0.171. The SMILES string of the molecule is O=C(Nc1nc(CC(=O)N2CCOCC2)cs1)c1cccs1. The van der Waals surface area contributed by atoms with Crippen LogP contribution in [0.1, 0.15) is 15.4 Å². The summed E-state index contributed by atoms with van der Waals surface area (Å²) < 4.78 is 5.23. The second-order valence-electron chi connectivity index (χ2n) is 4.75. The van der Waals surface area contributed by atoms with Crippen LogP contribution in [0.2, 0.25) is 0 Å². The molecule has 0 unspecified atom stereocenters. The third kappa shape index (κ3) is 3.70. The van der Waals surface area contributed by atoms with Crippen LogP contribution in [0.25, 0.3) is 0 Å². The normalized spacial score (nSPS) is 14.8. The molecule has 2 aromatic heterocycles. The van der Waals surface area contributed by atoms with E-state index in [1.54, 1.807) is 11.0 Å². The molecule has 6 nitrogen and oxygen atoms in total. The lowest BCUT2D eigenvalue weighted by Gasteiger charge is -2.26. The Morgan fingerprint density at radius 3 is 2.86 bits per heavy atom. The standard InChI is InChI=1S/C14H15N3O3S2/c18-12(17-3-5-20-6-4-17)8-10-9-22-14(15-10)16-13(19)11-2-1-7-21-11/h1-2,7,9H,3-6,8H2,(H,15,16,19). The minimum Gasteiger partial charge on any atom is -0.378 e. The lowest BCUT2D eigenvalue weighted by molar-refractivity contribution is -0.134. The van der Waals surface area contributed by atoms with Crippen LogP contribution in [0, 0.1) is 0 Å². The Morgan fingerprint density at radius 1 is 1.32 bits per heavy atom. The molecule has 0 saturated carbocycles. The molecule has 2 aromatic rings. The van der Waals surface area contributed by atoms with Gasteiger partial charge < -0.3 is 9.64 Å². The molecule has 0 atom stereocenters. The molecule has 0 aromatic carbocycles. The van der Waals surface area contributed by atoms with E-state index in [1.165, 1.54) is 22.7 Å². The predicted octanol–water partition coefficient (Wildman–Crippen LogP) is 1.86. The van der Waals surface area contributed by atoms with Crippen LogP contribution < -0.4 is 5.32 Å². The average Bonchev–Trinajstić information content (AvgIpc) is 3.20. The van der Waals surface area contributed by atoms with Crippen molar-refractivity contribution in [3.05, 3.63) is 33.5 Å². The van der Waals surface area contributed by atoms with E-state index < -0.39 is 0 Å². The van der Waals surface area contributed by atoms with Crippen molar-refractivity contribution < 1.29 is 14.3 Å². The zero-order valence-electron chi connectivity index (χ0n) is 11.8. The Balaban J connectivity index is 1.56. The van der Waals surface area contributed by atoms with Crippen molar-refractivity contribution in [2.75, 3.05) is 31.6 Å². The monoisotopic (exact) mass is 337 g/mol. The lowest BCUT2D eigenvalue weighted by atomic mass is 10.3. The number of carbonyl (C=O) groups is 2. The number of aromatic nitrogens is 1. The number of anilines is 1. The van der Waals surface area contributed by atoms with Crippen molar-refractivity contribution in [2.45, 2.75) is 6.42 Å². The molecule has 0 spiro atoms. The molecule has 0 radical (unpaired) electrons. The summed E-state index contributed by atoms with van der Waals surface area (Å²) in [6.07, 6.45) is 0.255. The Labute approximate surface area is 135 Å². The van der Waals surface area contributed by atoms with E-state index in [2.05, 4.69) is 10.3 Å². The first kappa shape index (κ1) is 15.1. The first-order valence-corrected chi connectivity index (χ1v) is 8.63. The third-order valence-electron chi connectivity index (χ3n) is 3.21. The number of amides is 2. The van der Waals surface area contributed by atoms with Gasteiger partial charge in [-0.05, 0) is 11.4 Å². The Morgan fingerprint density at radius 2 is 2.14 bits per heavy atom. The maximum atomic E-state index is 12.1. The summed E-state index contributed by atoms with van der Waals surface area (Å²) in [6.45, 7) is 2.44. The fourth-order valence-electron chi connectivity index (χ4n) is 2.09. The second-order valence-corrected chi connectivity index (χ2v) is 6.55. The molecule has 0 aliphatic carbocycles. The first-order chi connectivity index (χ1) is 10.7. The summed E-state index contributed by atoms with van der Waals surface area (Å²) in [5.41, 5.74) is 0.683. The van der Waals surface area contributed by atoms with Crippen molar-refractivity contribution in [1.29, 1.82) is 0 Å². The van der Waals surface area contributed by atoms with Gasteiger partial charge in [0.05, 0.1) is 30.2 Å². The summed E-state index contributed by atoms with van der Waals surface area (Å²) in [4.78, 5) is 30.8. The second kappa shape index (κ2) is 6.99. The fourth-order valence-corrected chi connectivity index (χ4v) is 3.42. The number of rotatable bonds is 4. The molecule has 1 aliphatic rings. The van der Waals surface area contributed by atoms with Crippen molar-refractivity contribution >= 4 is 39.6 Å². The van der Waals surface area contributed by atoms with Crippen molar-refractivity contribution in [3.63, 3.8) is 0 Å². The highest BCUT2D eigenvalue weighted by Gasteiger charge is 2.18. The molecule has 8 heteroatoms. The molecule has 22 heavy (non-hydrogen) atoms. The topological polar surface area (TPSA) is 71.5 Å². The number of thiophene rings is 1. The van der Waals surface area contributed by atoms with Gasteiger partial charge in [0.1, 0.15) is 0 Å². The van der Waals surface area contributed by atoms with Crippen LogP contribution in [-0.2, 0) is 16.0 Å². The molecule has 116 valence electrons. The van der Waals surface area contributed by atoms with E-state index in [1.807, 2.05) is 16.8 Å². The zero-order chi connectivity index (χ0) is 15.4. The number of morpholine rings is 1. The molecule has 1 N–H and O–H groups in total. The van der Waals surface area contributed by atoms with Gasteiger partial charge in [0.2, 0.25) is 5.91 Å². The molecule has 1 saturated heterocycles. The molecular formula is C14H15N3O3S2. The van der Waals surface area contributed by atoms with E-state index >= 15 is 0 Å². The largest absolute Gasteiger partial charge is 0.378 e. The molecular weight excluding hydrogens is 322 g/mol. The Kier molecular flexibility index (Phi) is 4.81. The van der Waals surface area contributed by atoms with E-state index in [9.17, 15) is 9.59 Å². The summed E-state index contributed by atoms with van der Waals surface area (Å²) in [6, 6.07) is 3.59. The molecule has 3 heterocycles. The average molecular weight is 337 g/mol. The third-order valence-corrected chi connectivity index (χ3v) is 4.89. The summed E-state index contributed by atoms with van der Waals surface area (Å²) in [7, 11) is 0. The van der Waals surface area contributed by atoms with E-state index in [0.717, 1.165) is 0 Å². The van der Waals surface area contributed by atoms with Gasteiger partial charge >= 0.3 is 0 Å². The van der Waals surface area contributed by atoms with Gasteiger partial charge in [0.15, 0.2) is 5.13 Å². The van der Waals surface area contributed by atoms with Gasteiger partial charge in [-0.3, -0.25) is 14.9 Å².